The molecule has 10 heteroatoms. The number of rotatable bonds is 7. The Hall–Kier alpha value is -4.47. The quantitative estimate of drug-likeness (QED) is 0.275. The van der Waals surface area contributed by atoms with Crippen molar-refractivity contribution in [1.29, 1.82) is 0 Å². The molecular formula is C21H17N5O5. The molecule has 0 saturated carbocycles. The number of carbonyl (C=O) groups is 1. The van der Waals surface area contributed by atoms with Gasteiger partial charge in [0.15, 0.2) is 5.69 Å². The minimum Gasteiger partial charge on any atom is -0.467 e. The number of nitro benzene ring substituents is 1. The molecule has 0 unspecified atom stereocenters. The van der Waals surface area contributed by atoms with Gasteiger partial charge < -0.3 is 14.2 Å². The number of hydrogen-bond donors (Lipinski definition) is 1. The van der Waals surface area contributed by atoms with Crippen molar-refractivity contribution in [3.05, 3.63) is 88.3 Å². The van der Waals surface area contributed by atoms with Crippen molar-refractivity contribution in [3.63, 3.8) is 0 Å². The smallest absolute Gasteiger partial charge is 0.272 e. The molecule has 0 radical (unpaired) electrons. The summed E-state index contributed by atoms with van der Waals surface area (Å²) in [4.78, 5) is 27.2. The van der Waals surface area contributed by atoms with E-state index in [9.17, 15) is 14.9 Å². The molecule has 1 aromatic carbocycles. The largest absolute Gasteiger partial charge is 0.467 e. The van der Waals surface area contributed by atoms with Gasteiger partial charge in [0, 0.05) is 24.7 Å². The van der Waals surface area contributed by atoms with E-state index in [1.54, 1.807) is 43.4 Å². The molecule has 156 valence electrons. The molecule has 1 N–H and O–H groups in total. The summed E-state index contributed by atoms with van der Waals surface area (Å²) in [6, 6.07) is 13.0. The van der Waals surface area contributed by atoms with Crippen LogP contribution in [0.2, 0.25) is 0 Å². The summed E-state index contributed by atoms with van der Waals surface area (Å²) in [6.07, 6.45) is 4.50. The first-order valence-electron chi connectivity index (χ1n) is 9.22. The van der Waals surface area contributed by atoms with Crippen LogP contribution >= 0.6 is 0 Å². The maximum Gasteiger partial charge on any atom is 0.272 e. The zero-order valence-electron chi connectivity index (χ0n) is 16.4. The van der Waals surface area contributed by atoms with Gasteiger partial charge in [0.05, 0.1) is 30.1 Å². The van der Waals surface area contributed by atoms with Crippen molar-refractivity contribution in [2.75, 3.05) is 0 Å². The topological polar surface area (TPSA) is 129 Å². The van der Waals surface area contributed by atoms with Crippen LogP contribution in [-0.4, -0.2) is 26.8 Å². The maximum absolute atomic E-state index is 12.6. The average molecular weight is 419 g/mol. The van der Waals surface area contributed by atoms with Crippen LogP contribution in [0.25, 0.3) is 11.3 Å². The number of aliphatic imine (C=N–C) groups is 1. The number of nitrogens with zero attached hydrogens (tertiary/aromatic N) is 4. The molecule has 1 amide bonds. The van der Waals surface area contributed by atoms with Gasteiger partial charge in [-0.05, 0) is 36.4 Å². The lowest BCUT2D eigenvalue weighted by molar-refractivity contribution is -0.384. The molecule has 0 saturated heterocycles. The van der Waals surface area contributed by atoms with Gasteiger partial charge in [-0.15, -0.1) is 0 Å². The molecule has 0 aliphatic rings. The molecule has 0 spiro atoms. The van der Waals surface area contributed by atoms with E-state index in [-0.39, 0.29) is 18.1 Å². The Kier molecular flexibility index (Phi) is 5.43. The highest BCUT2D eigenvalue weighted by molar-refractivity contribution is 5.98. The highest BCUT2D eigenvalue weighted by Crippen LogP contribution is 2.25. The van der Waals surface area contributed by atoms with Gasteiger partial charge in [-0.2, -0.15) is 5.10 Å². The van der Waals surface area contributed by atoms with E-state index >= 15 is 0 Å². The van der Waals surface area contributed by atoms with Gasteiger partial charge in [0.25, 0.3) is 11.6 Å². The molecule has 0 bridgehead atoms. The third kappa shape index (κ3) is 4.42. The Balaban J connectivity index is 1.48. The summed E-state index contributed by atoms with van der Waals surface area (Å²) >= 11 is 0. The molecular weight excluding hydrogens is 402 g/mol. The molecule has 0 atom stereocenters. The number of carbonyl (C=O) groups excluding carboxylic acids is 1. The number of amides is 1. The first kappa shape index (κ1) is 19.8. The lowest BCUT2D eigenvalue weighted by Gasteiger charge is -2.04. The second-order valence-electron chi connectivity index (χ2n) is 6.53. The fourth-order valence-corrected chi connectivity index (χ4v) is 2.91. The third-order valence-electron chi connectivity index (χ3n) is 4.46. The molecule has 0 aliphatic carbocycles. The number of aryl methyl sites for hydroxylation is 1. The van der Waals surface area contributed by atoms with Crippen LogP contribution in [0.4, 0.5) is 11.4 Å². The highest BCUT2D eigenvalue weighted by Gasteiger charge is 2.17. The minimum absolute atomic E-state index is 0.00604. The zero-order chi connectivity index (χ0) is 21.8. The van der Waals surface area contributed by atoms with Gasteiger partial charge in [0.2, 0.25) is 0 Å². The van der Waals surface area contributed by atoms with Crippen molar-refractivity contribution in [1.82, 2.24) is 15.1 Å². The van der Waals surface area contributed by atoms with Gasteiger partial charge in [-0.25, -0.2) is 4.99 Å². The Morgan fingerprint density at radius 3 is 2.77 bits per heavy atom. The lowest BCUT2D eigenvalue weighted by Crippen LogP contribution is -2.25. The third-order valence-corrected chi connectivity index (χ3v) is 4.46. The summed E-state index contributed by atoms with van der Waals surface area (Å²) in [7, 11) is 1.65. The van der Waals surface area contributed by atoms with E-state index in [1.165, 1.54) is 35.5 Å². The first-order valence-corrected chi connectivity index (χ1v) is 9.22. The standard InChI is InChI=1S/C21H17N5O5/c1-25-20(21(27)23-11-16-3-2-10-30-16)18(13-24-25)22-12-17-8-9-19(31-17)14-4-6-15(7-5-14)26(28)29/h2-10,12-13H,11H2,1H3,(H,23,27). The molecule has 0 fully saturated rings. The fourth-order valence-electron chi connectivity index (χ4n) is 2.91. The number of furan rings is 2. The van der Waals surface area contributed by atoms with Crippen molar-refractivity contribution in [2.24, 2.45) is 12.0 Å². The number of hydrogen-bond acceptors (Lipinski definition) is 7. The van der Waals surface area contributed by atoms with Crippen molar-refractivity contribution >= 4 is 23.5 Å². The molecule has 3 aromatic heterocycles. The van der Waals surface area contributed by atoms with Crippen molar-refractivity contribution < 1.29 is 18.6 Å². The normalized spacial score (nSPS) is 11.1. The highest BCUT2D eigenvalue weighted by atomic mass is 16.6. The summed E-state index contributed by atoms with van der Waals surface area (Å²) < 4.78 is 12.4. The number of nitro groups is 1. The van der Waals surface area contributed by atoms with E-state index in [0.29, 0.717) is 34.2 Å². The van der Waals surface area contributed by atoms with Crippen LogP contribution < -0.4 is 5.32 Å². The van der Waals surface area contributed by atoms with Crippen LogP contribution in [0.3, 0.4) is 0 Å². The van der Waals surface area contributed by atoms with Crippen LogP contribution in [0, 0.1) is 10.1 Å². The summed E-state index contributed by atoms with van der Waals surface area (Å²) in [5.74, 6) is 1.29. The lowest BCUT2D eigenvalue weighted by atomic mass is 10.1. The first-order chi connectivity index (χ1) is 15.0. The Bertz CT molecular complexity index is 1240. The second-order valence-corrected chi connectivity index (χ2v) is 6.53. The molecule has 10 nitrogen and oxygen atoms in total. The summed E-state index contributed by atoms with van der Waals surface area (Å²) in [5, 5.41) is 17.6. The Morgan fingerprint density at radius 2 is 2.06 bits per heavy atom. The Morgan fingerprint density at radius 1 is 1.26 bits per heavy atom. The van der Waals surface area contributed by atoms with Gasteiger partial charge >= 0.3 is 0 Å². The van der Waals surface area contributed by atoms with Crippen LogP contribution in [-0.2, 0) is 13.6 Å². The van der Waals surface area contributed by atoms with Crippen LogP contribution in [0.15, 0.2) is 74.8 Å². The van der Waals surface area contributed by atoms with E-state index < -0.39 is 4.92 Å². The predicted molar refractivity (Wildman–Crippen MR) is 111 cm³/mol. The van der Waals surface area contributed by atoms with Gasteiger partial charge in [-0.3, -0.25) is 19.6 Å². The van der Waals surface area contributed by atoms with Crippen molar-refractivity contribution in [2.45, 2.75) is 6.54 Å². The molecule has 0 aliphatic heterocycles. The molecule has 4 aromatic rings. The number of benzene rings is 1. The van der Waals surface area contributed by atoms with E-state index in [2.05, 4.69) is 15.4 Å². The zero-order valence-corrected chi connectivity index (χ0v) is 16.4. The second kappa shape index (κ2) is 8.49. The van der Waals surface area contributed by atoms with E-state index in [1.807, 2.05) is 0 Å². The van der Waals surface area contributed by atoms with Gasteiger partial charge in [0.1, 0.15) is 23.0 Å². The number of aromatic nitrogens is 2. The summed E-state index contributed by atoms with van der Waals surface area (Å²) in [6.45, 7) is 0.247. The molecule has 31 heavy (non-hydrogen) atoms. The van der Waals surface area contributed by atoms with Crippen LogP contribution in [0.1, 0.15) is 22.0 Å². The van der Waals surface area contributed by atoms with Gasteiger partial charge in [-0.1, -0.05) is 0 Å². The number of non-ortho nitro benzene ring substituents is 1. The average Bonchev–Trinajstić information content (AvgIpc) is 3.52. The van der Waals surface area contributed by atoms with Crippen molar-refractivity contribution in [3.8, 4) is 11.3 Å². The molecule has 3 heterocycles. The van der Waals surface area contributed by atoms with E-state index in [4.69, 9.17) is 8.83 Å². The van der Waals surface area contributed by atoms with E-state index in [0.717, 1.165) is 0 Å². The minimum atomic E-state index is -0.458. The Labute approximate surface area is 176 Å². The predicted octanol–water partition coefficient (Wildman–Crippen LogP) is 3.86. The number of nitrogens with one attached hydrogen (secondary N) is 1. The SMILES string of the molecule is Cn1ncc(N=Cc2ccc(-c3ccc([N+](=O)[O-])cc3)o2)c1C(=O)NCc1ccco1. The van der Waals surface area contributed by atoms with Crippen LogP contribution in [0.5, 0.6) is 0 Å². The monoisotopic (exact) mass is 419 g/mol. The summed E-state index contributed by atoms with van der Waals surface area (Å²) in [5.41, 5.74) is 1.38. The fraction of sp³-hybridized carbons (Fsp3) is 0.0952. The molecule has 4 rings (SSSR count). The maximum atomic E-state index is 12.6.